The van der Waals surface area contributed by atoms with E-state index in [0.29, 0.717) is 0 Å². The van der Waals surface area contributed by atoms with Crippen LogP contribution in [0.15, 0.2) is 49.1 Å². The molecule has 1 aliphatic heterocycles. The van der Waals surface area contributed by atoms with Gasteiger partial charge in [-0.05, 0) is 23.3 Å². The van der Waals surface area contributed by atoms with Gasteiger partial charge in [0.2, 0.25) is 5.91 Å². The first-order chi connectivity index (χ1) is 12.1. The molecule has 2 aromatic heterocycles. The van der Waals surface area contributed by atoms with Crippen molar-refractivity contribution in [1.82, 2.24) is 24.7 Å². The molecule has 3 heterocycles. The van der Waals surface area contributed by atoms with Gasteiger partial charge in [-0.3, -0.25) is 24.6 Å². The summed E-state index contributed by atoms with van der Waals surface area (Å²) in [6.07, 6.45) is 7.33. The molecule has 6 heteroatoms. The second-order valence-electron chi connectivity index (χ2n) is 6.68. The Morgan fingerprint density at radius 2 is 1.72 bits per heavy atom. The topological polar surface area (TPSA) is 52.6 Å². The van der Waals surface area contributed by atoms with Crippen LogP contribution in [-0.2, 0) is 17.9 Å². The predicted octanol–water partition coefficient (Wildman–Crippen LogP) is 1.25. The standard InChI is InChI=1S/C19H25N5O/c1-22(2)19(25)18-15-23(13-16-5-3-7-20-11-16)9-10-24(18)14-17-6-4-8-21-12-17/h3-8,11-12,18H,9-10,13-15H2,1-2H3/t18-/m1/s1. The van der Waals surface area contributed by atoms with Crippen LogP contribution in [0.2, 0.25) is 0 Å². The lowest BCUT2D eigenvalue weighted by Crippen LogP contribution is -2.58. The first-order valence-corrected chi connectivity index (χ1v) is 8.59. The van der Waals surface area contributed by atoms with Crippen LogP contribution >= 0.6 is 0 Å². The van der Waals surface area contributed by atoms with Crippen LogP contribution in [0.4, 0.5) is 0 Å². The minimum absolute atomic E-state index is 0.138. The normalized spacial score (nSPS) is 18.9. The van der Waals surface area contributed by atoms with Crippen molar-refractivity contribution in [2.75, 3.05) is 33.7 Å². The van der Waals surface area contributed by atoms with E-state index in [0.717, 1.165) is 38.3 Å². The highest BCUT2D eigenvalue weighted by molar-refractivity contribution is 5.81. The highest BCUT2D eigenvalue weighted by Crippen LogP contribution is 2.17. The number of aromatic nitrogens is 2. The molecule has 0 saturated carbocycles. The average molecular weight is 339 g/mol. The van der Waals surface area contributed by atoms with Gasteiger partial charge in [-0.25, -0.2) is 0 Å². The Morgan fingerprint density at radius 3 is 2.28 bits per heavy atom. The first-order valence-electron chi connectivity index (χ1n) is 8.59. The molecule has 3 rings (SSSR count). The summed E-state index contributed by atoms with van der Waals surface area (Å²) >= 11 is 0. The monoisotopic (exact) mass is 339 g/mol. The maximum Gasteiger partial charge on any atom is 0.240 e. The molecule has 1 atom stereocenters. The van der Waals surface area contributed by atoms with Crippen molar-refractivity contribution in [3.05, 3.63) is 60.2 Å². The zero-order valence-electron chi connectivity index (χ0n) is 14.9. The Hall–Kier alpha value is -2.31. The van der Waals surface area contributed by atoms with Crippen molar-refractivity contribution >= 4 is 5.91 Å². The zero-order chi connectivity index (χ0) is 17.6. The van der Waals surface area contributed by atoms with Gasteiger partial charge in [-0.2, -0.15) is 0 Å². The quantitative estimate of drug-likeness (QED) is 0.821. The highest BCUT2D eigenvalue weighted by Gasteiger charge is 2.33. The summed E-state index contributed by atoms with van der Waals surface area (Å²) in [5.74, 6) is 0.153. The van der Waals surface area contributed by atoms with E-state index in [1.807, 2.05) is 38.6 Å². The van der Waals surface area contributed by atoms with E-state index < -0.39 is 0 Å². The van der Waals surface area contributed by atoms with Gasteiger partial charge in [-0.1, -0.05) is 12.1 Å². The lowest BCUT2D eigenvalue weighted by molar-refractivity contribution is -0.137. The van der Waals surface area contributed by atoms with Crippen LogP contribution in [0, 0.1) is 0 Å². The average Bonchev–Trinajstić information content (AvgIpc) is 2.64. The summed E-state index contributed by atoms with van der Waals surface area (Å²) in [5, 5.41) is 0. The molecule has 1 aliphatic rings. The Bertz CT molecular complexity index is 677. The number of nitrogens with zero attached hydrogens (tertiary/aromatic N) is 5. The minimum Gasteiger partial charge on any atom is -0.347 e. The number of hydrogen-bond donors (Lipinski definition) is 0. The van der Waals surface area contributed by atoms with Crippen LogP contribution in [0.5, 0.6) is 0 Å². The van der Waals surface area contributed by atoms with Gasteiger partial charge in [0, 0.05) is 71.6 Å². The van der Waals surface area contributed by atoms with E-state index in [1.165, 1.54) is 5.56 Å². The van der Waals surface area contributed by atoms with Crippen LogP contribution in [0.3, 0.4) is 0 Å². The summed E-state index contributed by atoms with van der Waals surface area (Å²) in [6.45, 7) is 4.10. The molecule has 1 amide bonds. The summed E-state index contributed by atoms with van der Waals surface area (Å²) in [5.41, 5.74) is 2.32. The third kappa shape index (κ3) is 4.61. The van der Waals surface area contributed by atoms with Crippen LogP contribution < -0.4 is 0 Å². The smallest absolute Gasteiger partial charge is 0.240 e. The fourth-order valence-corrected chi connectivity index (χ4v) is 3.22. The molecular weight excluding hydrogens is 314 g/mol. The van der Waals surface area contributed by atoms with E-state index >= 15 is 0 Å². The van der Waals surface area contributed by atoms with Gasteiger partial charge in [0.05, 0.1) is 0 Å². The molecule has 6 nitrogen and oxygen atoms in total. The van der Waals surface area contributed by atoms with Crippen molar-refractivity contribution in [2.45, 2.75) is 19.1 Å². The summed E-state index contributed by atoms with van der Waals surface area (Å²) in [7, 11) is 3.65. The molecule has 0 unspecified atom stereocenters. The van der Waals surface area contributed by atoms with Crippen LogP contribution in [0.1, 0.15) is 11.1 Å². The number of carbonyl (C=O) groups is 1. The number of piperazine rings is 1. The van der Waals surface area contributed by atoms with E-state index in [9.17, 15) is 4.79 Å². The van der Waals surface area contributed by atoms with E-state index in [4.69, 9.17) is 0 Å². The van der Waals surface area contributed by atoms with Gasteiger partial charge in [-0.15, -0.1) is 0 Å². The largest absolute Gasteiger partial charge is 0.347 e. The minimum atomic E-state index is -0.138. The van der Waals surface area contributed by atoms with Gasteiger partial charge in [0.1, 0.15) is 6.04 Å². The molecule has 0 radical (unpaired) electrons. The molecule has 132 valence electrons. The molecule has 0 N–H and O–H groups in total. The Labute approximate surface area is 149 Å². The SMILES string of the molecule is CN(C)C(=O)[C@H]1CN(Cc2cccnc2)CCN1Cc1cccnc1. The molecule has 25 heavy (non-hydrogen) atoms. The number of hydrogen-bond acceptors (Lipinski definition) is 5. The van der Waals surface area contributed by atoms with Crippen molar-refractivity contribution in [3.8, 4) is 0 Å². The zero-order valence-corrected chi connectivity index (χ0v) is 14.9. The summed E-state index contributed by atoms with van der Waals surface area (Å²) < 4.78 is 0. The third-order valence-corrected chi connectivity index (χ3v) is 4.54. The molecule has 0 aliphatic carbocycles. The summed E-state index contributed by atoms with van der Waals surface area (Å²) in [4.78, 5) is 27.4. The molecular formula is C19H25N5O. The number of amides is 1. The van der Waals surface area contributed by atoms with Crippen molar-refractivity contribution in [3.63, 3.8) is 0 Å². The van der Waals surface area contributed by atoms with Crippen LogP contribution in [-0.4, -0.2) is 70.3 Å². The second kappa shape index (κ2) is 8.18. The van der Waals surface area contributed by atoms with E-state index in [2.05, 4.69) is 31.9 Å². The van der Waals surface area contributed by atoms with Gasteiger partial charge in [0.25, 0.3) is 0 Å². The van der Waals surface area contributed by atoms with Gasteiger partial charge >= 0.3 is 0 Å². The lowest BCUT2D eigenvalue weighted by Gasteiger charge is -2.41. The number of rotatable bonds is 5. The van der Waals surface area contributed by atoms with Crippen molar-refractivity contribution in [1.29, 1.82) is 0 Å². The maximum absolute atomic E-state index is 12.7. The Balaban J connectivity index is 1.71. The molecule has 0 bridgehead atoms. The molecule has 0 aromatic carbocycles. The van der Waals surface area contributed by atoms with Crippen molar-refractivity contribution in [2.24, 2.45) is 0 Å². The second-order valence-corrected chi connectivity index (χ2v) is 6.68. The fourth-order valence-electron chi connectivity index (χ4n) is 3.22. The van der Waals surface area contributed by atoms with E-state index in [1.54, 1.807) is 17.3 Å². The maximum atomic E-state index is 12.7. The number of pyridine rings is 2. The molecule has 1 saturated heterocycles. The van der Waals surface area contributed by atoms with Gasteiger partial charge in [0.15, 0.2) is 0 Å². The molecule has 1 fully saturated rings. The first kappa shape index (κ1) is 17.5. The van der Waals surface area contributed by atoms with Crippen molar-refractivity contribution < 1.29 is 4.79 Å². The number of carbonyl (C=O) groups excluding carboxylic acids is 1. The van der Waals surface area contributed by atoms with E-state index in [-0.39, 0.29) is 11.9 Å². The number of likely N-dealkylation sites (N-methyl/N-ethyl adjacent to an activating group) is 1. The summed E-state index contributed by atoms with van der Waals surface area (Å²) in [6, 6.07) is 7.90. The Kier molecular flexibility index (Phi) is 5.73. The molecule has 2 aromatic rings. The van der Waals surface area contributed by atoms with Crippen LogP contribution in [0.25, 0.3) is 0 Å². The third-order valence-electron chi connectivity index (χ3n) is 4.54. The molecule has 0 spiro atoms. The highest BCUT2D eigenvalue weighted by atomic mass is 16.2. The predicted molar refractivity (Wildman–Crippen MR) is 96.6 cm³/mol. The Morgan fingerprint density at radius 1 is 1.08 bits per heavy atom. The lowest BCUT2D eigenvalue weighted by atomic mass is 10.1. The van der Waals surface area contributed by atoms with Gasteiger partial charge < -0.3 is 4.90 Å². The fraction of sp³-hybridized carbons (Fsp3) is 0.421.